The number of benzene rings is 2. The zero-order valence-electron chi connectivity index (χ0n) is 11.3. The van der Waals surface area contributed by atoms with E-state index in [1.54, 1.807) is 0 Å². The highest BCUT2D eigenvalue weighted by Crippen LogP contribution is 2.35. The van der Waals surface area contributed by atoms with Crippen LogP contribution in [-0.4, -0.2) is 20.4 Å². The minimum atomic E-state index is -2.51. The van der Waals surface area contributed by atoms with E-state index in [1.165, 1.54) is 36.4 Å². The molecule has 7 nitrogen and oxygen atoms in total. The summed E-state index contributed by atoms with van der Waals surface area (Å²) in [5.74, 6) is -1.31. The molecule has 4 N–H and O–H groups in total. The molecule has 0 saturated carbocycles. The zero-order chi connectivity index (χ0) is 16.1. The SMILES string of the molecule is O=[P+](OCc1cccc(O)c1O)OCc1cccc(O)c1O. The first-order valence-corrected chi connectivity index (χ1v) is 7.31. The van der Waals surface area contributed by atoms with Crippen molar-refractivity contribution in [3.8, 4) is 23.0 Å². The van der Waals surface area contributed by atoms with Crippen LogP contribution in [0.5, 0.6) is 23.0 Å². The van der Waals surface area contributed by atoms with Crippen molar-refractivity contribution in [2.75, 3.05) is 0 Å². The van der Waals surface area contributed by atoms with Crippen LogP contribution < -0.4 is 0 Å². The van der Waals surface area contributed by atoms with Gasteiger partial charge in [-0.3, -0.25) is 0 Å². The predicted octanol–water partition coefficient (Wildman–Crippen LogP) is 2.90. The van der Waals surface area contributed by atoms with Gasteiger partial charge in [-0.25, -0.2) is 0 Å². The van der Waals surface area contributed by atoms with Gasteiger partial charge in [0.1, 0.15) is 13.2 Å². The monoisotopic (exact) mass is 325 g/mol. The molecule has 0 radical (unpaired) electrons. The third kappa shape index (κ3) is 3.85. The van der Waals surface area contributed by atoms with Crippen LogP contribution in [0.1, 0.15) is 11.1 Å². The molecule has 0 fully saturated rings. The highest BCUT2D eigenvalue weighted by atomic mass is 31.1. The molecule has 0 amide bonds. The van der Waals surface area contributed by atoms with Crippen molar-refractivity contribution < 1.29 is 34.0 Å². The Labute approximate surface area is 127 Å². The topological polar surface area (TPSA) is 116 Å². The van der Waals surface area contributed by atoms with Crippen LogP contribution in [0.25, 0.3) is 0 Å². The second-order valence-electron chi connectivity index (χ2n) is 4.34. The van der Waals surface area contributed by atoms with Crippen molar-refractivity contribution in [1.82, 2.24) is 0 Å². The summed E-state index contributed by atoms with van der Waals surface area (Å²) < 4.78 is 21.5. The maximum Gasteiger partial charge on any atom is 0.698 e. The Morgan fingerprint density at radius 1 is 0.773 bits per heavy atom. The van der Waals surface area contributed by atoms with Gasteiger partial charge < -0.3 is 20.4 Å². The molecule has 2 aromatic carbocycles. The van der Waals surface area contributed by atoms with E-state index in [1.807, 2.05) is 0 Å². The maximum atomic E-state index is 11.6. The summed E-state index contributed by atoms with van der Waals surface area (Å²) in [5.41, 5.74) is 0.513. The molecule has 0 aliphatic heterocycles. The minimum Gasteiger partial charge on any atom is -0.504 e. The third-order valence-electron chi connectivity index (χ3n) is 2.85. The molecule has 0 unspecified atom stereocenters. The summed E-state index contributed by atoms with van der Waals surface area (Å²) in [6.45, 7) is -0.442. The Balaban J connectivity index is 1.88. The van der Waals surface area contributed by atoms with Gasteiger partial charge >= 0.3 is 8.25 Å². The van der Waals surface area contributed by atoms with E-state index in [4.69, 9.17) is 9.05 Å². The van der Waals surface area contributed by atoms with Crippen molar-refractivity contribution in [2.24, 2.45) is 0 Å². The number of para-hydroxylation sites is 2. The average molecular weight is 325 g/mol. The van der Waals surface area contributed by atoms with Gasteiger partial charge in [-0.05, 0) is 12.1 Å². The second-order valence-corrected chi connectivity index (χ2v) is 5.30. The molecule has 0 bridgehead atoms. The molecule has 0 saturated heterocycles. The molecule has 0 atom stereocenters. The van der Waals surface area contributed by atoms with E-state index in [9.17, 15) is 25.0 Å². The molecule has 0 aromatic heterocycles. The standard InChI is InChI=1S/C14H13O7P/c15-11-5-1-3-9(13(11)17)7-20-22(19)21-8-10-4-2-6-12(16)14(10)18/h1-6H,7-8H2,(H3-,15,16,17,18)/p+1. The van der Waals surface area contributed by atoms with E-state index >= 15 is 0 Å². The van der Waals surface area contributed by atoms with Gasteiger partial charge in [-0.2, -0.15) is 0 Å². The van der Waals surface area contributed by atoms with Gasteiger partial charge in [0, 0.05) is 15.7 Å². The maximum absolute atomic E-state index is 11.6. The molecular formula is C14H14O7P+. The molecular weight excluding hydrogens is 311 g/mol. The second kappa shape index (κ2) is 7.09. The highest BCUT2D eigenvalue weighted by Gasteiger charge is 2.23. The number of aromatic hydroxyl groups is 4. The molecule has 116 valence electrons. The number of hydrogen-bond donors (Lipinski definition) is 4. The Morgan fingerprint density at radius 2 is 1.18 bits per heavy atom. The lowest BCUT2D eigenvalue weighted by Gasteiger charge is -2.03. The van der Waals surface area contributed by atoms with E-state index < -0.39 is 8.25 Å². The smallest absolute Gasteiger partial charge is 0.504 e. The number of phenolic OH excluding ortho intramolecular Hbond substituents is 4. The molecule has 22 heavy (non-hydrogen) atoms. The van der Waals surface area contributed by atoms with Crippen molar-refractivity contribution >= 4 is 8.25 Å². The fourth-order valence-corrected chi connectivity index (χ4v) is 2.23. The van der Waals surface area contributed by atoms with Crippen LogP contribution in [0.4, 0.5) is 0 Å². The first-order valence-electron chi connectivity index (χ1n) is 6.21. The van der Waals surface area contributed by atoms with E-state index in [-0.39, 0.29) is 47.3 Å². The summed E-state index contributed by atoms with van der Waals surface area (Å²) in [7, 11) is -2.51. The van der Waals surface area contributed by atoms with Crippen LogP contribution >= 0.6 is 8.25 Å². The van der Waals surface area contributed by atoms with Crippen LogP contribution in [0.2, 0.25) is 0 Å². The number of hydrogen-bond acceptors (Lipinski definition) is 7. The summed E-state index contributed by atoms with van der Waals surface area (Å²) in [6, 6.07) is 8.62. The lowest BCUT2D eigenvalue weighted by atomic mass is 10.2. The molecule has 2 rings (SSSR count). The first kappa shape index (κ1) is 16.0. The number of rotatable bonds is 6. The van der Waals surface area contributed by atoms with Crippen molar-refractivity contribution in [3.63, 3.8) is 0 Å². The summed E-state index contributed by atoms with van der Waals surface area (Å²) in [4.78, 5) is 0. The largest absolute Gasteiger partial charge is 0.698 e. The van der Waals surface area contributed by atoms with E-state index in [2.05, 4.69) is 0 Å². The normalized spacial score (nSPS) is 10.5. The minimum absolute atomic E-state index is 0.221. The quantitative estimate of drug-likeness (QED) is 0.476. The van der Waals surface area contributed by atoms with E-state index in [0.717, 1.165) is 0 Å². The molecule has 8 heteroatoms. The first-order chi connectivity index (χ1) is 10.5. The molecule has 2 aromatic rings. The Hall–Kier alpha value is -2.34. The lowest BCUT2D eigenvalue weighted by Crippen LogP contribution is -1.91. The van der Waals surface area contributed by atoms with E-state index in [0.29, 0.717) is 0 Å². The highest BCUT2D eigenvalue weighted by molar-refractivity contribution is 7.33. The molecule has 0 spiro atoms. The average Bonchev–Trinajstić information content (AvgIpc) is 2.50. The van der Waals surface area contributed by atoms with Gasteiger partial charge in [0.15, 0.2) is 23.0 Å². The summed E-state index contributed by atoms with van der Waals surface area (Å²) >= 11 is 0. The van der Waals surface area contributed by atoms with Gasteiger partial charge in [0.05, 0.1) is 0 Å². The van der Waals surface area contributed by atoms with Crippen LogP contribution in [0, 0.1) is 0 Å². The Bertz CT molecular complexity index is 629. The fourth-order valence-electron chi connectivity index (χ4n) is 1.67. The van der Waals surface area contributed by atoms with Gasteiger partial charge in [0.2, 0.25) is 0 Å². The fraction of sp³-hybridized carbons (Fsp3) is 0.143. The van der Waals surface area contributed by atoms with Crippen LogP contribution in [0.15, 0.2) is 36.4 Å². The summed E-state index contributed by atoms with van der Waals surface area (Å²) in [6.07, 6.45) is 0. The van der Waals surface area contributed by atoms with Gasteiger partial charge in [-0.1, -0.05) is 24.3 Å². The predicted molar refractivity (Wildman–Crippen MR) is 76.7 cm³/mol. The van der Waals surface area contributed by atoms with Crippen molar-refractivity contribution in [1.29, 1.82) is 0 Å². The van der Waals surface area contributed by atoms with Gasteiger partial charge in [-0.15, -0.1) is 9.05 Å². The molecule has 0 aliphatic carbocycles. The van der Waals surface area contributed by atoms with Crippen LogP contribution in [-0.2, 0) is 26.8 Å². The zero-order valence-corrected chi connectivity index (χ0v) is 12.2. The Morgan fingerprint density at radius 3 is 1.59 bits per heavy atom. The molecule has 0 heterocycles. The number of phenols is 4. The van der Waals surface area contributed by atoms with Crippen molar-refractivity contribution in [2.45, 2.75) is 13.2 Å². The summed E-state index contributed by atoms with van der Waals surface area (Å²) in [5, 5.41) is 37.7. The van der Waals surface area contributed by atoms with Gasteiger partial charge in [0.25, 0.3) is 0 Å². The van der Waals surface area contributed by atoms with Crippen LogP contribution in [0.3, 0.4) is 0 Å². The lowest BCUT2D eigenvalue weighted by molar-refractivity contribution is 0.208. The third-order valence-corrected chi connectivity index (χ3v) is 3.53. The molecule has 0 aliphatic rings. The Kier molecular flexibility index (Phi) is 5.16. The van der Waals surface area contributed by atoms with Crippen molar-refractivity contribution in [3.05, 3.63) is 47.5 Å².